The molecule has 2 aromatic rings. The van der Waals surface area contributed by atoms with Gasteiger partial charge in [0.25, 0.3) is 5.91 Å². The summed E-state index contributed by atoms with van der Waals surface area (Å²) in [5.41, 5.74) is 6.91. The van der Waals surface area contributed by atoms with E-state index in [9.17, 15) is 9.59 Å². The van der Waals surface area contributed by atoms with E-state index in [1.54, 1.807) is 0 Å². The van der Waals surface area contributed by atoms with Gasteiger partial charge in [-0.2, -0.15) is 15.0 Å². The minimum Gasteiger partial charge on any atom is -0.368 e. The van der Waals surface area contributed by atoms with Crippen molar-refractivity contribution in [2.45, 2.75) is 58.5 Å². The maximum Gasteiger partial charge on any atom is 0.325 e. The molecule has 0 radical (unpaired) electrons. The molecule has 1 fully saturated rings. The zero-order chi connectivity index (χ0) is 21.0. The Morgan fingerprint density at radius 3 is 2.34 bits per heavy atom. The van der Waals surface area contributed by atoms with E-state index in [2.05, 4.69) is 25.6 Å². The van der Waals surface area contributed by atoms with Crippen molar-refractivity contribution in [3.8, 4) is 0 Å². The molecule has 1 saturated heterocycles. The standard InChI is InChI=1S/C20H27N7O2/c1-4-10-20(11-5-2)16(28)27(19(29)26-20)12-15-23-17(21)25-18(24-15)22-14-8-6-13(3)7-9-14/h6-9H,4-5,10-12H2,1-3H3,(H,26,29)(H3,21,22,23,24,25). The van der Waals surface area contributed by atoms with Gasteiger partial charge in [0, 0.05) is 5.69 Å². The van der Waals surface area contributed by atoms with Crippen molar-refractivity contribution in [1.82, 2.24) is 25.2 Å². The molecule has 1 aromatic heterocycles. The van der Waals surface area contributed by atoms with E-state index in [-0.39, 0.29) is 30.2 Å². The molecule has 4 N–H and O–H groups in total. The molecule has 1 aliphatic heterocycles. The molecule has 1 aromatic carbocycles. The average Bonchev–Trinajstić information content (AvgIpc) is 2.88. The molecule has 0 spiro atoms. The van der Waals surface area contributed by atoms with Gasteiger partial charge in [-0.3, -0.25) is 9.69 Å². The highest BCUT2D eigenvalue weighted by Gasteiger charge is 2.49. The number of aryl methyl sites for hydroxylation is 1. The van der Waals surface area contributed by atoms with Gasteiger partial charge < -0.3 is 16.4 Å². The average molecular weight is 397 g/mol. The zero-order valence-corrected chi connectivity index (χ0v) is 17.0. The highest BCUT2D eigenvalue weighted by atomic mass is 16.2. The molecule has 29 heavy (non-hydrogen) atoms. The summed E-state index contributed by atoms with van der Waals surface area (Å²) in [5.74, 6) is 0.291. The quantitative estimate of drug-likeness (QED) is 0.585. The van der Waals surface area contributed by atoms with Crippen molar-refractivity contribution in [2.24, 2.45) is 0 Å². The number of nitrogens with two attached hydrogens (primary N) is 1. The van der Waals surface area contributed by atoms with Crippen LogP contribution < -0.4 is 16.4 Å². The van der Waals surface area contributed by atoms with E-state index < -0.39 is 11.6 Å². The second kappa shape index (κ2) is 8.42. The number of carbonyl (C=O) groups is 2. The molecule has 0 atom stereocenters. The Morgan fingerprint density at radius 2 is 1.72 bits per heavy atom. The number of nitrogens with one attached hydrogen (secondary N) is 2. The van der Waals surface area contributed by atoms with Crippen LogP contribution in [0.1, 0.15) is 50.9 Å². The van der Waals surface area contributed by atoms with Gasteiger partial charge >= 0.3 is 6.03 Å². The smallest absolute Gasteiger partial charge is 0.325 e. The van der Waals surface area contributed by atoms with E-state index in [1.165, 1.54) is 0 Å². The summed E-state index contributed by atoms with van der Waals surface area (Å²) in [7, 11) is 0. The number of anilines is 3. The van der Waals surface area contributed by atoms with Crippen LogP contribution in [0.3, 0.4) is 0 Å². The van der Waals surface area contributed by atoms with E-state index in [1.807, 2.05) is 45.0 Å². The number of nitrogens with zero attached hydrogens (tertiary/aromatic N) is 4. The topological polar surface area (TPSA) is 126 Å². The first-order valence-corrected chi connectivity index (χ1v) is 9.85. The molecule has 3 rings (SSSR count). The van der Waals surface area contributed by atoms with E-state index >= 15 is 0 Å². The molecule has 1 aliphatic rings. The van der Waals surface area contributed by atoms with Crippen LogP contribution in [0.25, 0.3) is 0 Å². The number of hydrogen-bond donors (Lipinski definition) is 3. The summed E-state index contributed by atoms with van der Waals surface area (Å²) in [6.07, 6.45) is 2.79. The number of urea groups is 1. The van der Waals surface area contributed by atoms with Gasteiger partial charge in [0.2, 0.25) is 11.9 Å². The summed E-state index contributed by atoms with van der Waals surface area (Å²) in [4.78, 5) is 39.3. The predicted octanol–water partition coefficient (Wildman–Crippen LogP) is 2.90. The minimum atomic E-state index is -0.845. The van der Waals surface area contributed by atoms with E-state index in [0.717, 1.165) is 29.0 Å². The Hall–Kier alpha value is -3.23. The summed E-state index contributed by atoms with van der Waals surface area (Å²) >= 11 is 0. The van der Waals surface area contributed by atoms with Crippen LogP contribution in [-0.2, 0) is 11.3 Å². The molecular weight excluding hydrogens is 370 g/mol. The number of benzene rings is 1. The van der Waals surface area contributed by atoms with Gasteiger partial charge in [-0.1, -0.05) is 44.4 Å². The molecule has 0 saturated carbocycles. The fourth-order valence-corrected chi connectivity index (χ4v) is 3.61. The molecule has 0 aliphatic carbocycles. The normalized spacial score (nSPS) is 15.5. The van der Waals surface area contributed by atoms with Gasteiger partial charge in [0.05, 0.1) is 6.54 Å². The molecule has 2 heterocycles. The second-order valence-electron chi connectivity index (χ2n) is 7.33. The molecule has 0 bridgehead atoms. The first-order valence-electron chi connectivity index (χ1n) is 9.85. The van der Waals surface area contributed by atoms with Crippen molar-refractivity contribution in [3.05, 3.63) is 35.7 Å². The summed E-state index contributed by atoms with van der Waals surface area (Å²) in [6.45, 7) is 5.93. The maximum atomic E-state index is 13.0. The van der Waals surface area contributed by atoms with Crippen LogP contribution >= 0.6 is 0 Å². The van der Waals surface area contributed by atoms with Gasteiger partial charge in [-0.05, 0) is 31.9 Å². The Kier molecular flexibility index (Phi) is 5.95. The van der Waals surface area contributed by atoms with Gasteiger partial charge in [0.15, 0.2) is 5.82 Å². The third kappa shape index (κ3) is 4.44. The summed E-state index contributed by atoms with van der Waals surface area (Å²) < 4.78 is 0. The number of rotatable bonds is 8. The first kappa shape index (κ1) is 20.5. The lowest BCUT2D eigenvalue weighted by atomic mass is 9.88. The minimum absolute atomic E-state index is 0.0186. The van der Waals surface area contributed by atoms with Crippen molar-refractivity contribution in [3.63, 3.8) is 0 Å². The third-order valence-corrected chi connectivity index (χ3v) is 4.91. The van der Waals surface area contributed by atoms with Crippen LogP contribution in [0.2, 0.25) is 0 Å². The Morgan fingerprint density at radius 1 is 1.07 bits per heavy atom. The third-order valence-electron chi connectivity index (χ3n) is 4.91. The lowest BCUT2D eigenvalue weighted by Crippen LogP contribution is -2.46. The largest absolute Gasteiger partial charge is 0.368 e. The van der Waals surface area contributed by atoms with Gasteiger partial charge in [-0.25, -0.2) is 4.79 Å². The molecule has 9 heteroatoms. The molecule has 154 valence electrons. The molecule has 0 unspecified atom stereocenters. The fourth-order valence-electron chi connectivity index (χ4n) is 3.61. The van der Waals surface area contributed by atoms with Gasteiger partial charge in [-0.15, -0.1) is 0 Å². The highest BCUT2D eigenvalue weighted by Crippen LogP contribution is 2.29. The predicted molar refractivity (Wildman–Crippen MR) is 110 cm³/mol. The van der Waals surface area contributed by atoms with Crippen molar-refractivity contribution in [1.29, 1.82) is 0 Å². The molecule has 3 amide bonds. The van der Waals surface area contributed by atoms with E-state index in [4.69, 9.17) is 5.73 Å². The second-order valence-corrected chi connectivity index (χ2v) is 7.33. The van der Waals surface area contributed by atoms with Crippen molar-refractivity contribution >= 4 is 29.5 Å². The SMILES string of the molecule is CCCC1(CCC)NC(=O)N(Cc2nc(N)nc(Nc3ccc(C)cc3)n2)C1=O. The van der Waals surface area contributed by atoms with Crippen molar-refractivity contribution in [2.75, 3.05) is 11.1 Å². The Labute approximate surface area is 170 Å². The maximum absolute atomic E-state index is 13.0. The number of aromatic nitrogens is 3. The Balaban J connectivity index is 1.80. The van der Waals surface area contributed by atoms with Crippen LogP contribution in [0.15, 0.2) is 24.3 Å². The highest BCUT2D eigenvalue weighted by molar-refractivity contribution is 6.06. The summed E-state index contributed by atoms with van der Waals surface area (Å²) in [6, 6.07) is 7.29. The van der Waals surface area contributed by atoms with Crippen LogP contribution in [0, 0.1) is 6.92 Å². The van der Waals surface area contributed by atoms with Gasteiger partial charge in [0.1, 0.15) is 5.54 Å². The summed E-state index contributed by atoms with van der Waals surface area (Å²) in [5, 5.41) is 5.95. The monoisotopic (exact) mass is 397 g/mol. The van der Waals surface area contributed by atoms with Crippen LogP contribution in [0.5, 0.6) is 0 Å². The van der Waals surface area contributed by atoms with Crippen LogP contribution in [-0.4, -0.2) is 37.3 Å². The number of imide groups is 1. The molecule has 9 nitrogen and oxygen atoms in total. The number of nitrogen functional groups attached to an aromatic ring is 1. The Bertz CT molecular complexity index is 892. The number of amides is 3. The zero-order valence-electron chi connectivity index (χ0n) is 17.0. The number of hydrogen-bond acceptors (Lipinski definition) is 7. The lowest BCUT2D eigenvalue weighted by Gasteiger charge is -2.25. The lowest BCUT2D eigenvalue weighted by molar-refractivity contribution is -0.132. The number of carbonyl (C=O) groups excluding carboxylic acids is 2. The van der Waals surface area contributed by atoms with Crippen molar-refractivity contribution < 1.29 is 9.59 Å². The van der Waals surface area contributed by atoms with Crippen LogP contribution in [0.4, 0.5) is 22.4 Å². The fraction of sp³-hybridized carbons (Fsp3) is 0.450. The first-order chi connectivity index (χ1) is 13.9. The van der Waals surface area contributed by atoms with E-state index in [0.29, 0.717) is 12.8 Å². The molecular formula is C20H27N7O2.